The SMILES string of the molecule is CNC(=O)c1c(-c2ccc(F)cc2)oc2cc(N(C)S(C)(=O)=O)c(-c3ccc(Cl)c(-c4nc5cncnc5[nH]4)c3)cc12. The molecule has 6 aromatic rings. The number of fused-ring (bicyclic) bond motifs is 2. The van der Waals surface area contributed by atoms with Crippen molar-refractivity contribution in [3.63, 3.8) is 0 Å². The number of carbonyl (C=O) groups is 1. The van der Waals surface area contributed by atoms with E-state index in [0.717, 1.165) is 10.6 Å². The van der Waals surface area contributed by atoms with Gasteiger partial charge in [-0.15, -0.1) is 0 Å². The molecule has 0 bridgehead atoms. The van der Waals surface area contributed by atoms with Crippen LogP contribution in [0.25, 0.3) is 56.0 Å². The quantitative estimate of drug-likeness (QED) is 0.251. The van der Waals surface area contributed by atoms with E-state index >= 15 is 0 Å². The Morgan fingerprint density at radius 1 is 1.07 bits per heavy atom. The Bertz CT molecular complexity index is 2090. The Balaban J connectivity index is 1.63. The molecule has 3 heterocycles. The minimum atomic E-state index is -3.71. The summed E-state index contributed by atoms with van der Waals surface area (Å²) in [4.78, 5) is 29.0. The zero-order chi connectivity index (χ0) is 29.8. The Kier molecular flexibility index (Phi) is 6.66. The van der Waals surface area contributed by atoms with E-state index < -0.39 is 21.7 Å². The Hall–Kier alpha value is -4.81. The van der Waals surface area contributed by atoms with Gasteiger partial charge in [0.15, 0.2) is 5.65 Å². The van der Waals surface area contributed by atoms with Crippen molar-refractivity contribution in [2.45, 2.75) is 0 Å². The fourth-order valence-electron chi connectivity index (χ4n) is 4.72. The lowest BCUT2D eigenvalue weighted by Gasteiger charge is -2.21. The number of hydrogen-bond donors (Lipinski definition) is 2. The molecule has 0 unspecified atom stereocenters. The highest BCUT2D eigenvalue weighted by molar-refractivity contribution is 7.92. The number of anilines is 1. The molecule has 3 aromatic heterocycles. The molecule has 2 N–H and O–H groups in total. The van der Waals surface area contributed by atoms with Crippen LogP contribution < -0.4 is 9.62 Å². The summed E-state index contributed by atoms with van der Waals surface area (Å²) in [6.07, 6.45) is 4.07. The largest absolute Gasteiger partial charge is 0.455 e. The van der Waals surface area contributed by atoms with Crippen molar-refractivity contribution < 1.29 is 22.0 Å². The average Bonchev–Trinajstić information content (AvgIpc) is 3.57. The number of H-pyrrole nitrogens is 1. The fraction of sp³-hybridized carbons (Fsp3) is 0.103. The van der Waals surface area contributed by atoms with E-state index in [9.17, 15) is 17.6 Å². The topological polar surface area (TPSA) is 134 Å². The number of halogens is 2. The molecular weight excluding hydrogens is 583 g/mol. The molecule has 0 aliphatic carbocycles. The zero-order valence-corrected chi connectivity index (χ0v) is 24.0. The van der Waals surface area contributed by atoms with Gasteiger partial charge < -0.3 is 14.7 Å². The molecule has 3 aromatic carbocycles. The first-order valence-electron chi connectivity index (χ1n) is 12.5. The summed E-state index contributed by atoms with van der Waals surface area (Å²) < 4.78 is 46.4. The molecule has 42 heavy (non-hydrogen) atoms. The van der Waals surface area contributed by atoms with Crippen LogP contribution in [0.2, 0.25) is 5.02 Å². The van der Waals surface area contributed by atoms with Gasteiger partial charge in [-0.25, -0.2) is 27.8 Å². The molecule has 0 saturated carbocycles. The van der Waals surface area contributed by atoms with Gasteiger partial charge in [-0.1, -0.05) is 17.7 Å². The highest BCUT2D eigenvalue weighted by Crippen LogP contribution is 2.42. The van der Waals surface area contributed by atoms with Gasteiger partial charge in [0, 0.05) is 42.2 Å². The second kappa shape index (κ2) is 10.2. The smallest absolute Gasteiger partial charge is 0.255 e. The van der Waals surface area contributed by atoms with E-state index in [0.29, 0.717) is 55.3 Å². The van der Waals surface area contributed by atoms with Gasteiger partial charge in [-0.05, 0) is 48.0 Å². The van der Waals surface area contributed by atoms with Gasteiger partial charge >= 0.3 is 0 Å². The van der Waals surface area contributed by atoms with Crippen LogP contribution >= 0.6 is 11.6 Å². The lowest BCUT2D eigenvalue weighted by atomic mass is 9.97. The van der Waals surface area contributed by atoms with Crippen molar-refractivity contribution in [3.8, 4) is 33.8 Å². The second-order valence-corrected chi connectivity index (χ2v) is 11.9. The number of sulfonamides is 1. The Morgan fingerprint density at radius 2 is 1.81 bits per heavy atom. The number of carbonyl (C=O) groups excluding carboxylic acids is 1. The summed E-state index contributed by atoms with van der Waals surface area (Å²) in [6.45, 7) is 0. The Labute approximate surface area is 244 Å². The number of aromatic nitrogens is 4. The molecule has 1 amide bonds. The fourth-order valence-corrected chi connectivity index (χ4v) is 5.44. The summed E-state index contributed by atoms with van der Waals surface area (Å²) in [7, 11) is -0.793. The van der Waals surface area contributed by atoms with E-state index in [4.69, 9.17) is 16.0 Å². The van der Waals surface area contributed by atoms with Crippen LogP contribution in [0.4, 0.5) is 10.1 Å². The summed E-state index contributed by atoms with van der Waals surface area (Å²) in [5, 5.41) is 3.47. The van der Waals surface area contributed by atoms with Crippen LogP contribution in [0.5, 0.6) is 0 Å². The number of rotatable bonds is 6. The molecule has 0 aliphatic heterocycles. The van der Waals surface area contributed by atoms with Crippen molar-refractivity contribution in [2.75, 3.05) is 24.7 Å². The van der Waals surface area contributed by atoms with Crippen LogP contribution in [-0.4, -0.2) is 54.6 Å². The normalized spacial score (nSPS) is 11.7. The summed E-state index contributed by atoms with van der Waals surface area (Å²) in [5.74, 6) is -0.201. The van der Waals surface area contributed by atoms with Crippen molar-refractivity contribution in [1.82, 2.24) is 25.3 Å². The van der Waals surface area contributed by atoms with Gasteiger partial charge in [0.05, 0.1) is 28.7 Å². The van der Waals surface area contributed by atoms with E-state index in [2.05, 4.69) is 25.3 Å². The molecule has 0 spiro atoms. The van der Waals surface area contributed by atoms with Crippen LogP contribution in [0.15, 0.2) is 71.5 Å². The molecule has 0 radical (unpaired) electrons. The van der Waals surface area contributed by atoms with Crippen molar-refractivity contribution in [1.29, 1.82) is 0 Å². The number of amides is 1. The lowest BCUT2D eigenvalue weighted by Crippen LogP contribution is -2.25. The maximum Gasteiger partial charge on any atom is 0.255 e. The summed E-state index contributed by atoms with van der Waals surface area (Å²) >= 11 is 6.59. The van der Waals surface area contributed by atoms with E-state index in [-0.39, 0.29) is 16.9 Å². The van der Waals surface area contributed by atoms with Gasteiger partial charge in [0.1, 0.15) is 34.8 Å². The first-order chi connectivity index (χ1) is 20.0. The van der Waals surface area contributed by atoms with Crippen molar-refractivity contribution >= 4 is 55.4 Å². The number of hydrogen-bond acceptors (Lipinski definition) is 7. The molecular formula is C29H22ClFN6O4S. The van der Waals surface area contributed by atoms with Gasteiger partial charge in [-0.2, -0.15) is 0 Å². The molecule has 10 nitrogen and oxygen atoms in total. The van der Waals surface area contributed by atoms with Crippen LogP contribution in [0, 0.1) is 5.82 Å². The van der Waals surface area contributed by atoms with Crippen LogP contribution in [0.3, 0.4) is 0 Å². The predicted molar refractivity (Wildman–Crippen MR) is 159 cm³/mol. The first-order valence-corrected chi connectivity index (χ1v) is 14.8. The van der Waals surface area contributed by atoms with Crippen LogP contribution in [-0.2, 0) is 10.0 Å². The maximum atomic E-state index is 13.7. The third kappa shape index (κ3) is 4.74. The highest BCUT2D eigenvalue weighted by Gasteiger charge is 2.26. The van der Waals surface area contributed by atoms with E-state index in [1.807, 2.05) is 0 Å². The number of furan rings is 1. The van der Waals surface area contributed by atoms with Gasteiger partial charge in [-0.3, -0.25) is 9.10 Å². The third-order valence-corrected chi connectivity index (χ3v) is 8.42. The summed E-state index contributed by atoms with van der Waals surface area (Å²) in [6, 6.07) is 14.0. The number of nitrogens with zero attached hydrogens (tertiary/aromatic N) is 4. The predicted octanol–water partition coefficient (Wildman–Crippen LogP) is 5.65. The Morgan fingerprint density at radius 3 is 2.50 bits per heavy atom. The molecule has 0 aliphatic rings. The minimum absolute atomic E-state index is 0.217. The first kappa shape index (κ1) is 27.4. The molecule has 13 heteroatoms. The van der Waals surface area contributed by atoms with Crippen molar-refractivity contribution in [2.24, 2.45) is 0 Å². The lowest BCUT2D eigenvalue weighted by molar-refractivity contribution is 0.0964. The summed E-state index contributed by atoms with van der Waals surface area (Å²) in [5.41, 5.74) is 3.99. The molecule has 0 atom stereocenters. The standard InChI is InChI=1S/C29H22ClFN6O4S/c1-32-29(38)25-20-11-18(16-6-9-21(30)19(10-16)27-35-22-13-33-14-34-28(22)36-27)23(37(2)42(3,39)40)12-24(20)41-26(25)15-4-7-17(31)8-5-15/h4-14H,1-3H3,(H,32,38)(H,33,34,35,36). The monoisotopic (exact) mass is 604 g/mol. The van der Waals surface area contributed by atoms with E-state index in [1.165, 1.54) is 44.7 Å². The van der Waals surface area contributed by atoms with E-state index in [1.54, 1.807) is 36.5 Å². The number of aromatic amines is 1. The molecule has 212 valence electrons. The van der Waals surface area contributed by atoms with Crippen molar-refractivity contribution in [3.05, 3.63) is 83.5 Å². The highest BCUT2D eigenvalue weighted by atomic mass is 35.5. The molecule has 6 rings (SSSR count). The average molecular weight is 605 g/mol. The molecule has 0 saturated heterocycles. The van der Waals surface area contributed by atoms with Crippen LogP contribution in [0.1, 0.15) is 10.4 Å². The number of benzene rings is 3. The number of nitrogens with one attached hydrogen (secondary N) is 2. The number of imidazole rings is 1. The second-order valence-electron chi connectivity index (χ2n) is 9.52. The maximum absolute atomic E-state index is 13.7. The minimum Gasteiger partial charge on any atom is -0.455 e. The third-order valence-electron chi connectivity index (χ3n) is 6.90. The zero-order valence-electron chi connectivity index (χ0n) is 22.4. The van der Waals surface area contributed by atoms with Gasteiger partial charge in [0.2, 0.25) is 10.0 Å². The molecule has 0 fully saturated rings. The van der Waals surface area contributed by atoms with Gasteiger partial charge in [0.25, 0.3) is 5.91 Å².